The molecule has 2 aromatic carbocycles. The first-order valence-corrected chi connectivity index (χ1v) is 9.86. The number of halogens is 1. The predicted octanol–water partition coefficient (Wildman–Crippen LogP) is 2.40. The van der Waals surface area contributed by atoms with Gasteiger partial charge in [0.05, 0.1) is 0 Å². The number of hydrogen-bond acceptors (Lipinski definition) is 5. The maximum absolute atomic E-state index is 13.9. The molecule has 1 atom stereocenters. The highest BCUT2D eigenvalue weighted by molar-refractivity contribution is 7.89. The van der Waals surface area contributed by atoms with Crippen LogP contribution in [0.1, 0.15) is 23.2 Å². The summed E-state index contributed by atoms with van der Waals surface area (Å²) >= 11 is 0. The number of carbonyl (C=O) groups excluding carboxylic acids is 2. The Kier molecular flexibility index (Phi) is 5.67. The summed E-state index contributed by atoms with van der Waals surface area (Å²) in [5.41, 5.74) is 0.396. The molecule has 0 spiro atoms. The molecule has 27 heavy (non-hydrogen) atoms. The topological polar surface area (TPSA) is 80.8 Å². The number of Topliss-reactive ketones (excluding diaryl/α,β-unsaturated/α-hetero) is 1. The second-order valence-corrected chi connectivity index (χ2v) is 7.96. The zero-order valence-corrected chi connectivity index (χ0v) is 15.2. The van der Waals surface area contributed by atoms with Crippen LogP contribution in [0.5, 0.6) is 0 Å². The zero-order chi connectivity index (χ0) is 19.4. The molecular formula is C19H18FNO5S. The minimum Gasteiger partial charge on any atom is -0.456 e. The van der Waals surface area contributed by atoms with Gasteiger partial charge in [0.1, 0.15) is 16.8 Å². The summed E-state index contributed by atoms with van der Waals surface area (Å²) in [6, 6.07) is 12.3. The fourth-order valence-corrected chi connectivity index (χ4v) is 4.70. The minimum absolute atomic E-state index is 0.0864. The van der Waals surface area contributed by atoms with E-state index in [1.54, 1.807) is 30.3 Å². The third kappa shape index (κ3) is 4.06. The van der Waals surface area contributed by atoms with Gasteiger partial charge in [-0.2, -0.15) is 4.31 Å². The summed E-state index contributed by atoms with van der Waals surface area (Å²) in [6.45, 7) is -0.393. The third-order valence-corrected chi connectivity index (χ3v) is 6.28. The van der Waals surface area contributed by atoms with Crippen molar-refractivity contribution in [2.75, 3.05) is 13.2 Å². The van der Waals surface area contributed by atoms with Gasteiger partial charge in [-0.05, 0) is 25.0 Å². The van der Waals surface area contributed by atoms with Crippen molar-refractivity contribution in [2.24, 2.45) is 0 Å². The third-order valence-electron chi connectivity index (χ3n) is 4.34. The highest BCUT2D eigenvalue weighted by Gasteiger charge is 2.41. The number of nitrogens with zero attached hydrogens (tertiary/aromatic N) is 1. The van der Waals surface area contributed by atoms with Crippen LogP contribution in [0.25, 0.3) is 0 Å². The van der Waals surface area contributed by atoms with Crippen molar-refractivity contribution in [1.82, 2.24) is 4.31 Å². The van der Waals surface area contributed by atoms with Gasteiger partial charge in [-0.15, -0.1) is 0 Å². The molecule has 2 aromatic rings. The Morgan fingerprint density at radius 3 is 2.44 bits per heavy atom. The molecule has 0 N–H and O–H groups in total. The molecule has 0 aliphatic carbocycles. The number of benzene rings is 2. The van der Waals surface area contributed by atoms with Gasteiger partial charge in [0.25, 0.3) is 0 Å². The summed E-state index contributed by atoms with van der Waals surface area (Å²) in [5.74, 6) is -2.07. The molecule has 0 amide bonds. The number of hydrogen-bond donors (Lipinski definition) is 0. The zero-order valence-electron chi connectivity index (χ0n) is 14.4. The summed E-state index contributed by atoms with van der Waals surface area (Å²) in [6.07, 6.45) is 0.701. The summed E-state index contributed by atoms with van der Waals surface area (Å²) < 4.78 is 45.4. The van der Waals surface area contributed by atoms with E-state index in [0.717, 1.165) is 16.4 Å². The van der Waals surface area contributed by atoms with Crippen molar-refractivity contribution < 1.29 is 27.1 Å². The van der Waals surface area contributed by atoms with Crippen molar-refractivity contribution in [2.45, 2.75) is 23.8 Å². The summed E-state index contributed by atoms with van der Waals surface area (Å²) in [7, 11) is -4.18. The van der Waals surface area contributed by atoms with E-state index in [4.69, 9.17) is 4.74 Å². The molecule has 1 heterocycles. The average molecular weight is 391 g/mol. The fraction of sp³-hybridized carbons (Fsp3) is 0.263. The van der Waals surface area contributed by atoms with Crippen LogP contribution in [-0.2, 0) is 19.6 Å². The van der Waals surface area contributed by atoms with Crippen LogP contribution in [0, 0.1) is 5.82 Å². The minimum atomic E-state index is -4.18. The molecule has 0 saturated carbocycles. The van der Waals surface area contributed by atoms with Crippen molar-refractivity contribution in [3.63, 3.8) is 0 Å². The molecule has 0 unspecified atom stereocenters. The van der Waals surface area contributed by atoms with Crippen molar-refractivity contribution in [1.29, 1.82) is 0 Å². The lowest BCUT2D eigenvalue weighted by molar-refractivity contribution is -0.146. The lowest BCUT2D eigenvalue weighted by Gasteiger charge is -2.22. The lowest BCUT2D eigenvalue weighted by atomic mass is 10.1. The number of esters is 1. The summed E-state index contributed by atoms with van der Waals surface area (Å²) in [5, 5.41) is 0. The van der Waals surface area contributed by atoms with Gasteiger partial charge in [-0.25, -0.2) is 12.8 Å². The van der Waals surface area contributed by atoms with Gasteiger partial charge in [0.15, 0.2) is 12.4 Å². The van der Waals surface area contributed by atoms with Crippen LogP contribution >= 0.6 is 0 Å². The largest absolute Gasteiger partial charge is 0.456 e. The Labute approximate surface area is 156 Å². The maximum atomic E-state index is 13.9. The Morgan fingerprint density at radius 2 is 1.74 bits per heavy atom. The molecule has 1 aliphatic heterocycles. The molecule has 0 bridgehead atoms. The van der Waals surface area contributed by atoms with Crippen LogP contribution in [0.2, 0.25) is 0 Å². The Bertz CT molecular complexity index is 946. The Balaban J connectivity index is 1.71. The van der Waals surface area contributed by atoms with Gasteiger partial charge >= 0.3 is 5.97 Å². The van der Waals surface area contributed by atoms with Gasteiger partial charge in [-0.1, -0.05) is 42.5 Å². The highest BCUT2D eigenvalue weighted by atomic mass is 32.2. The second kappa shape index (κ2) is 7.98. The van der Waals surface area contributed by atoms with E-state index in [-0.39, 0.29) is 18.7 Å². The molecule has 1 saturated heterocycles. The van der Waals surface area contributed by atoms with Gasteiger partial charge in [-0.3, -0.25) is 9.59 Å². The molecular weight excluding hydrogens is 373 g/mol. The predicted molar refractivity (Wildman–Crippen MR) is 95.0 cm³/mol. The van der Waals surface area contributed by atoms with Gasteiger partial charge < -0.3 is 4.74 Å². The smallest absolute Gasteiger partial charge is 0.324 e. The van der Waals surface area contributed by atoms with E-state index in [0.29, 0.717) is 12.0 Å². The molecule has 3 rings (SSSR count). The van der Waals surface area contributed by atoms with Crippen molar-refractivity contribution in [3.8, 4) is 0 Å². The SMILES string of the molecule is O=C(COC(=O)[C@H]1CCCN1S(=O)(=O)c1ccccc1F)c1ccccc1. The van der Waals surface area contributed by atoms with E-state index in [1.165, 1.54) is 12.1 Å². The Morgan fingerprint density at radius 1 is 1.07 bits per heavy atom. The van der Waals surface area contributed by atoms with Gasteiger partial charge in [0.2, 0.25) is 10.0 Å². The van der Waals surface area contributed by atoms with Crippen molar-refractivity contribution >= 4 is 21.8 Å². The van der Waals surface area contributed by atoms with E-state index in [1.807, 2.05) is 0 Å². The lowest BCUT2D eigenvalue weighted by Crippen LogP contribution is -2.42. The fourth-order valence-electron chi connectivity index (χ4n) is 2.98. The standard InChI is InChI=1S/C19H18FNO5S/c20-15-9-4-5-11-18(15)27(24,25)21-12-6-10-16(21)19(23)26-13-17(22)14-7-2-1-3-8-14/h1-5,7-9,11,16H,6,10,12-13H2/t16-/m1/s1. The summed E-state index contributed by atoms with van der Waals surface area (Å²) in [4.78, 5) is 23.9. The average Bonchev–Trinajstić information content (AvgIpc) is 3.17. The molecule has 0 aromatic heterocycles. The van der Waals surface area contributed by atoms with Crippen LogP contribution in [-0.4, -0.2) is 43.7 Å². The molecule has 1 fully saturated rings. The van der Waals surface area contributed by atoms with Gasteiger partial charge in [0, 0.05) is 12.1 Å². The molecule has 0 radical (unpaired) electrons. The first-order valence-electron chi connectivity index (χ1n) is 8.42. The second-order valence-electron chi connectivity index (χ2n) is 6.10. The van der Waals surface area contributed by atoms with Crippen LogP contribution < -0.4 is 0 Å². The molecule has 8 heteroatoms. The molecule has 6 nitrogen and oxygen atoms in total. The first-order chi connectivity index (χ1) is 12.9. The number of carbonyl (C=O) groups is 2. The highest BCUT2D eigenvalue weighted by Crippen LogP contribution is 2.28. The number of sulfonamides is 1. The molecule has 1 aliphatic rings. The first kappa shape index (κ1) is 19.2. The van der Waals surface area contributed by atoms with E-state index in [2.05, 4.69) is 0 Å². The van der Waals surface area contributed by atoms with Crippen LogP contribution in [0.4, 0.5) is 4.39 Å². The number of rotatable bonds is 6. The van der Waals surface area contributed by atoms with E-state index < -0.39 is 39.4 Å². The van der Waals surface area contributed by atoms with E-state index in [9.17, 15) is 22.4 Å². The monoisotopic (exact) mass is 391 g/mol. The van der Waals surface area contributed by atoms with Crippen molar-refractivity contribution in [3.05, 3.63) is 66.0 Å². The van der Waals surface area contributed by atoms with E-state index >= 15 is 0 Å². The quantitative estimate of drug-likeness (QED) is 0.558. The Hall–Kier alpha value is -2.58. The van der Waals surface area contributed by atoms with Crippen LogP contribution in [0.3, 0.4) is 0 Å². The number of ether oxygens (including phenoxy) is 1. The van der Waals surface area contributed by atoms with Crippen LogP contribution in [0.15, 0.2) is 59.5 Å². The number of ketones is 1. The maximum Gasteiger partial charge on any atom is 0.324 e. The molecule has 142 valence electrons. The normalized spacial score (nSPS) is 17.6.